The van der Waals surface area contributed by atoms with Gasteiger partial charge in [0, 0.05) is 0 Å². The first-order valence-corrected chi connectivity index (χ1v) is 7.34. The largest absolute Gasteiger partial charge is 0.391 e. The predicted octanol–water partition coefficient (Wildman–Crippen LogP) is 3.29. The highest BCUT2D eigenvalue weighted by Gasteiger charge is 2.20. The summed E-state index contributed by atoms with van der Waals surface area (Å²) in [6, 6.07) is 8.15. The summed E-state index contributed by atoms with van der Waals surface area (Å²) in [5.41, 5.74) is 2.15. The molecule has 0 amide bonds. The lowest BCUT2D eigenvalue weighted by Gasteiger charge is -2.17. The number of aryl methyl sites for hydroxylation is 1. The van der Waals surface area contributed by atoms with Gasteiger partial charge in [-0.15, -0.1) is 0 Å². The van der Waals surface area contributed by atoms with Crippen LogP contribution in [0.2, 0.25) is 0 Å². The zero-order chi connectivity index (χ0) is 13.2. The average molecular weight is 258 g/mol. The number of rotatable bonds is 4. The fraction of sp³-hybridized carbons (Fsp3) is 0.562. The molecule has 19 heavy (non-hydrogen) atoms. The fourth-order valence-electron chi connectivity index (χ4n) is 3.34. The maximum absolute atomic E-state index is 10.3. The summed E-state index contributed by atoms with van der Waals surface area (Å²) in [6.07, 6.45) is 5.95. The van der Waals surface area contributed by atoms with Gasteiger partial charge in [-0.05, 0) is 31.4 Å². The van der Waals surface area contributed by atoms with Crippen LogP contribution in [-0.2, 0) is 6.54 Å². The smallest absolute Gasteiger partial charge is 0.106 e. The van der Waals surface area contributed by atoms with Crippen molar-refractivity contribution in [3.8, 4) is 0 Å². The minimum Gasteiger partial charge on any atom is -0.391 e. The summed E-state index contributed by atoms with van der Waals surface area (Å²) in [4.78, 5) is 4.55. The Hall–Kier alpha value is -1.35. The molecule has 1 heterocycles. The Labute approximate surface area is 114 Å². The fourth-order valence-corrected chi connectivity index (χ4v) is 3.34. The number of aromatic nitrogens is 2. The minimum atomic E-state index is -0.251. The zero-order valence-electron chi connectivity index (χ0n) is 11.5. The first-order valence-electron chi connectivity index (χ1n) is 7.34. The van der Waals surface area contributed by atoms with Crippen molar-refractivity contribution in [3.63, 3.8) is 0 Å². The second kappa shape index (κ2) is 5.33. The van der Waals surface area contributed by atoms with E-state index in [1.807, 2.05) is 25.1 Å². The van der Waals surface area contributed by atoms with Crippen molar-refractivity contribution < 1.29 is 5.11 Å². The summed E-state index contributed by atoms with van der Waals surface area (Å²) in [6.45, 7) is 2.69. The van der Waals surface area contributed by atoms with Crippen molar-refractivity contribution in [1.29, 1.82) is 0 Å². The molecule has 1 atom stereocenters. The van der Waals surface area contributed by atoms with E-state index in [0.29, 0.717) is 6.54 Å². The van der Waals surface area contributed by atoms with Crippen LogP contribution >= 0.6 is 0 Å². The average Bonchev–Trinajstić information content (AvgIpc) is 2.99. The molecule has 102 valence electrons. The summed E-state index contributed by atoms with van der Waals surface area (Å²) in [7, 11) is 0. The molecule has 1 aromatic heterocycles. The van der Waals surface area contributed by atoms with Gasteiger partial charge < -0.3 is 9.67 Å². The van der Waals surface area contributed by atoms with Crippen LogP contribution in [0.4, 0.5) is 0 Å². The van der Waals surface area contributed by atoms with Gasteiger partial charge in [-0.3, -0.25) is 0 Å². The molecule has 0 radical (unpaired) electrons. The van der Waals surface area contributed by atoms with Crippen LogP contribution < -0.4 is 0 Å². The number of aliphatic hydroxyl groups is 1. The molecule has 0 saturated heterocycles. The molecule has 0 bridgehead atoms. The number of para-hydroxylation sites is 2. The lowest BCUT2D eigenvalue weighted by atomic mass is 10.00. The number of benzene rings is 1. The molecule has 2 aromatic rings. The summed E-state index contributed by atoms with van der Waals surface area (Å²) >= 11 is 0. The summed E-state index contributed by atoms with van der Waals surface area (Å²) in [5.74, 6) is 1.72. The lowest BCUT2D eigenvalue weighted by molar-refractivity contribution is 0.125. The molecule has 1 fully saturated rings. The van der Waals surface area contributed by atoms with Crippen molar-refractivity contribution in [3.05, 3.63) is 30.1 Å². The molecule has 1 N–H and O–H groups in total. The molecule has 1 saturated carbocycles. The number of imidazole rings is 1. The monoisotopic (exact) mass is 258 g/mol. The topological polar surface area (TPSA) is 38.0 Å². The van der Waals surface area contributed by atoms with E-state index < -0.39 is 0 Å². The molecule has 3 nitrogen and oxygen atoms in total. The quantitative estimate of drug-likeness (QED) is 0.914. The highest BCUT2D eigenvalue weighted by atomic mass is 16.3. The summed E-state index contributed by atoms with van der Waals surface area (Å²) in [5, 5.41) is 10.3. The van der Waals surface area contributed by atoms with E-state index in [2.05, 4.69) is 15.6 Å². The van der Waals surface area contributed by atoms with Gasteiger partial charge >= 0.3 is 0 Å². The van der Waals surface area contributed by atoms with E-state index in [4.69, 9.17) is 0 Å². The van der Waals surface area contributed by atoms with E-state index in [0.717, 1.165) is 29.2 Å². The van der Waals surface area contributed by atoms with Gasteiger partial charge in [-0.1, -0.05) is 37.8 Å². The van der Waals surface area contributed by atoms with Crippen molar-refractivity contribution >= 4 is 11.0 Å². The van der Waals surface area contributed by atoms with Crippen LogP contribution in [0.15, 0.2) is 24.3 Å². The Morgan fingerprint density at radius 3 is 2.84 bits per heavy atom. The number of aliphatic hydroxyl groups excluding tert-OH is 1. The van der Waals surface area contributed by atoms with E-state index in [-0.39, 0.29) is 6.10 Å². The Bertz CT molecular complexity index is 555. The van der Waals surface area contributed by atoms with Gasteiger partial charge in [0.15, 0.2) is 0 Å². The van der Waals surface area contributed by atoms with Crippen LogP contribution in [0.5, 0.6) is 0 Å². The predicted molar refractivity (Wildman–Crippen MR) is 77.1 cm³/mol. The standard InChI is InChI=1S/C16H22N2O/c1-12-17-15-8-4-5-9-16(15)18(12)11-14(19)10-13-6-2-3-7-13/h4-5,8-9,13-14,19H,2-3,6-7,10-11H2,1H3. The molecule has 1 aromatic carbocycles. The first kappa shape index (κ1) is 12.7. The summed E-state index contributed by atoms with van der Waals surface area (Å²) < 4.78 is 2.15. The molecule has 0 aliphatic heterocycles. The minimum absolute atomic E-state index is 0.251. The second-order valence-corrected chi connectivity index (χ2v) is 5.80. The van der Waals surface area contributed by atoms with Crippen LogP contribution in [0, 0.1) is 12.8 Å². The number of hydrogen-bond donors (Lipinski definition) is 1. The highest BCUT2D eigenvalue weighted by molar-refractivity contribution is 5.75. The second-order valence-electron chi connectivity index (χ2n) is 5.80. The number of fused-ring (bicyclic) bond motifs is 1. The third kappa shape index (κ3) is 2.66. The first-order chi connectivity index (χ1) is 9.24. The van der Waals surface area contributed by atoms with E-state index in [1.165, 1.54) is 25.7 Å². The van der Waals surface area contributed by atoms with Gasteiger partial charge in [0.05, 0.1) is 23.7 Å². The molecular weight excluding hydrogens is 236 g/mol. The normalized spacial score (nSPS) is 18.2. The van der Waals surface area contributed by atoms with Crippen molar-refractivity contribution in [2.45, 2.75) is 51.7 Å². The highest BCUT2D eigenvalue weighted by Crippen LogP contribution is 2.29. The van der Waals surface area contributed by atoms with E-state index in [1.54, 1.807) is 0 Å². The Balaban J connectivity index is 1.75. The van der Waals surface area contributed by atoms with E-state index >= 15 is 0 Å². The molecule has 1 unspecified atom stereocenters. The van der Waals surface area contributed by atoms with Crippen molar-refractivity contribution in [1.82, 2.24) is 9.55 Å². The molecule has 0 spiro atoms. The molecular formula is C16H22N2O. The van der Waals surface area contributed by atoms with Crippen LogP contribution in [0.3, 0.4) is 0 Å². The third-order valence-electron chi connectivity index (χ3n) is 4.32. The van der Waals surface area contributed by atoms with Gasteiger partial charge in [-0.25, -0.2) is 4.98 Å². The van der Waals surface area contributed by atoms with Gasteiger partial charge in [0.2, 0.25) is 0 Å². The molecule has 1 aliphatic rings. The zero-order valence-corrected chi connectivity index (χ0v) is 11.5. The van der Waals surface area contributed by atoms with Gasteiger partial charge in [0.25, 0.3) is 0 Å². The maximum atomic E-state index is 10.3. The maximum Gasteiger partial charge on any atom is 0.106 e. The molecule has 3 rings (SSSR count). The third-order valence-corrected chi connectivity index (χ3v) is 4.32. The Morgan fingerprint density at radius 1 is 1.32 bits per heavy atom. The number of hydrogen-bond acceptors (Lipinski definition) is 2. The van der Waals surface area contributed by atoms with Crippen molar-refractivity contribution in [2.24, 2.45) is 5.92 Å². The molecule has 1 aliphatic carbocycles. The van der Waals surface area contributed by atoms with Crippen molar-refractivity contribution in [2.75, 3.05) is 0 Å². The van der Waals surface area contributed by atoms with Gasteiger partial charge in [0.1, 0.15) is 5.82 Å². The Morgan fingerprint density at radius 2 is 2.05 bits per heavy atom. The number of nitrogens with zero attached hydrogens (tertiary/aromatic N) is 2. The SMILES string of the molecule is Cc1nc2ccccc2n1CC(O)CC1CCCC1. The van der Waals surface area contributed by atoms with Gasteiger partial charge in [-0.2, -0.15) is 0 Å². The van der Waals surface area contributed by atoms with Crippen LogP contribution in [0.25, 0.3) is 11.0 Å². The Kier molecular flexibility index (Phi) is 3.56. The lowest BCUT2D eigenvalue weighted by Crippen LogP contribution is -2.19. The van der Waals surface area contributed by atoms with Crippen LogP contribution in [-0.4, -0.2) is 20.8 Å². The molecule has 3 heteroatoms. The van der Waals surface area contributed by atoms with Crippen LogP contribution in [0.1, 0.15) is 37.9 Å². The van der Waals surface area contributed by atoms with E-state index in [9.17, 15) is 5.11 Å².